The molecular formula is C20H20F2N4O2S. The van der Waals surface area contributed by atoms with Crippen LogP contribution in [0.1, 0.15) is 19.4 Å². The van der Waals surface area contributed by atoms with E-state index in [1.807, 2.05) is 24.3 Å². The molecule has 0 saturated carbocycles. The van der Waals surface area contributed by atoms with Gasteiger partial charge in [-0.25, -0.2) is 4.98 Å². The van der Waals surface area contributed by atoms with Crippen LogP contribution < -0.4 is 10.1 Å². The number of aryl methyl sites for hydroxylation is 1. The van der Waals surface area contributed by atoms with Gasteiger partial charge in [-0.15, -0.1) is 5.10 Å². The average Bonchev–Trinajstić information content (AvgIpc) is 3.17. The Morgan fingerprint density at radius 2 is 1.86 bits per heavy atom. The molecule has 0 bridgehead atoms. The summed E-state index contributed by atoms with van der Waals surface area (Å²) in [5.41, 5.74) is 2.64. The van der Waals surface area contributed by atoms with E-state index in [1.54, 1.807) is 6.92 Å². The van der Waals surface area contributed by atoms with E-state index in [0.717, 1.165) is 12.0 Å². The molecule has 6 nitrogen and oxygen atoms in total. The number of halogens is 2. The standard InChI is InChI=1S/C20H20F2N4O2S/c1-3-13-4-6-14(7-5-13)17-24-20(26-25-17)29-12(2)18(27)23-15-8-10-16(11-9-15)28-19(21)22/h4-12,19H,3H2,1-2H3,(H,23,27)(H,24,25,26). The highest BCUT2D eigenvalue weighted by molar-refractivity contribution is 8.00. The second-order valence-electron chi connectivity index (χ2n) is 6.17. The highest BCUT2D eigenvalue weighted by Crippen LogP contribution is 2.24. The number of nitrogens with one attached hydrogen (secondary N) is 2. The number of benzene rings is 2. The van der Waals surface area contributed by atoms with Crippen molar-refractivity contribution in [1.29, 1.82) is 0 Å². The van der Waals surface area contributed by atoms with E-state index < -0.39 is 11.9 Å². The monoisotopic (exact) mass is 418 g/mol. The minimum absolute atomic E-state index is 0.0284. The smallest absolute Gasteiger partial charge is 0.387 e. The van der Waals surface area contributed by atoms with E-state index >= 15 is 0 Å². The molecular weight excluding hydrogens is 398 g/mol. The summed E-state index contributed by atoms with van der Waals surface area (Å²) in [6.45, 7) is 0.944. The Labute approximate surface area is 171 Å². The van der Waals surface area contributed by atoms with Gasteiger partial charge >= 0.3 is 6.61 Å². The number of aromatic nitrogens is 3. The largest absolute Gasteiger partial charge is 0.435 e. The van der Waals surface area contributed by atoms with Gasteiger partial charge in [-0.3, -0.25) is 9.89 Å². The number of carbonyl (C=O) groups excluding carboxylic acids is 1. The van der Waals surface area contributed by atoms with Gasteiger partial charge in [0, 0.05) is 11.3 Å². The molecule has 0 saturated heterocycles. The van der Waals surface area contributed by atoms with Crippen LogP contribution in [-0.2, 0) is 11.2 Å². The molecule has 2 aromatic carbocycles. The fraction of sp³-hybridized carbons (Fsp3) is 0.250. The SMILES string of the molecule is CCc1ccc(-c2nc(SC(C)C(=O)Nc3ccc(OC(F)F)cc3)n[nH]2)cc1. The molecule has 0 spiro atoms. The quantitative estimate of drug-likeness (QED) is 0.516. The van der Waals surface area contributed by atoms with Crippen LogP contribution in [0.25, 0.3) is 11.4 Å². The van der Waals surface area contributed by atoms with Crippen LogP contribution in [-0.4, -0.2) is 32.9 Å². The summed E-state index contributed by atoms with van der Waals surface area (Å²) in [5.74, 6) is 0.411. The number of ether oxygens (including phenoxy) is 1. The third-order valence-corrected chi connectivity index (χ3v) is 5.06. The Hall–Kier alpha value is -2.94. The topological polar surface area (TPSA) is 79.9 Å². The lowest BCUT2D eigenvalue weighted by Gasteiger charge is -2.11. The van der Waals surface area contributed by atoms with E-state index in [9.17, 15) is 13.6 Å². The van der Waals surface area contributed by atoms with Crippen LogP contribution >= 0.6 is 11.8 Å². The van der Waals surface area contributed by atoms with Crippen LogP contribution in [0.3, 0.4) is 0 Å². The number of amides is 1. The number of alkyl halides is 2. The zero-order valence-corrected chi connectivity index (χ0v) is 16.7. The average molecular weight is 418 g/mol. The van der Waals surface area contributed by atoms with Crippen molar-refractivity contribution in [1.82, 2.24) is 15.2 Å². The molecule has 3 aromatic rings. The molecule has 2 N–H and O–H groups in total. The first-order valence-corrected chi connectivity index (χ1v) is 9.86. The summed E-state index contributed by atoms with van der Waals surface area (Å²) in [6, 6.07) is 13.8. The van der Waals surface area contributed by atoms with E-state index in [1.165, 1.54) is 41.6 Å². The third-order valence-electron chi connectivity index (χ3n) is 4.10. The van der Waals surface area contributed by atoms with E-state index in [4.69, 9.17) is 0 Å². The molecule has 0 radical (unpaired) electrons. The Bertz CT molecular complexity index is 946. The number of hydrogen-bond acceptors (Lipinski definition) is 5. The van der Waals surface area contributed by atoms with Crippen LogP contribution in [0, 0.1) is 0 Å². The lowest BCUT2D eigenvalue weighted by Crippen LogP contribution is -2.22. The summed E-state index contributed by atoms with van der Waals surface area (Å²) in [7, 11) is 0. The fourth-order valence-electron chi connectivity index (χ4n) is 2.50. The minimum atomic E-state index is -2.89. The molecule has 0 aliphatic heterocycles. The summed E-state index contributed by atoms with van der Waals surface area (Å²) in [6.07, 6.45) is 0.965. The fourth-order valence-corrected chi connectivity index (χ4v) is 3.23. The van der Waals surface area contributed by atoms with E-state index in [0.29, 0.717) is 16.7 Å². The zero-order valence-electron chi connectivity index (χ0n) is 15.9. The van der Waals surface area contributed by atoms with Crippen molar-refractivity contribution in [3.63, 3.8) is 0 Å². The van der Waals surface area contributed by atoms with Crippen molar-refractivity contribution in [2.45, 2.75) is 37.3 Å². The minimum Gasteiger partial charge on any atom is -0.435 e. The normalized spacial score (nSPS) is 12.0. The second kappa shape index (κ2) is 9.51. The van der Waals surface area contributed by atoms with Crippen LogP contribution in [0.4, 0.5) is 14.5 Å². The van der Waals surface area contributed by atoms with Crippen molar-refractivity contribution >= 4 is 23.4 Å². The Kier molecular flexibility index (Phi) is 6.82. The maximum absolute atomic E-state index is 12.4. The molecule has 29 heavy (non-hydrogen) atoms. The van der Waals surface area contributed by atoms with Crippen LogP contribution in [0.5, 0.6) is 5.75 Å². The summed E-state index contributed by atoms with van der Waals surface area (Å²) >= 11 is 1.22. The molecule has 1 heterocycles. The first-order valence-electron chi connectivity index (χ1n) is 8.98. The Balaban J connectivity index is 1.57. The molecule has 9 heteroatoms. The van der Waals surface area contributed by atoms with Gasteiger partial charge in [0.25, 0.3) is 0 Å². The third kappa shape index (κ3) is 5.77. The highest BCUT2D eigenvalue weighted by atomic mass is 32.2. The summed E-state index contributed by atoms with van der Waals surface area (Å²) < 4.78 is 28.6. The molecule has 3 rings (SSSR count). The molecule has 0 aliphatic rings. The predicted octanol–water partition coefficient (Wildman–Crippen LogP) is 4.75. The predicted molar refractivity (Wildman–Crippen MR) is 108 cm³/mol. The van der Waals surface area contributed by atoms with Crippen molar-refractivity contribution in [3.05, 3.63) is 54.1 Å². The number of aromatic amines is 1. The van der Waals surface area contributed by atoms with Gasteiger partial charge in [0.1, 0.15) is 5.75 Å². The second-order valence-corrected chi connectivity index (χ2v) is 7.48. The van der Waals surface area contributed by atoms with Crippen molar-refractivity contribution in [2.75, 3.05) is 5.32 Å². The summed E-state index contributed by atoms with van der Waals surface area (Å²) in [4.78, 5) is 16.8. The molecule has 0 aliphatic carbocycles. The number of carbonyl (C=O) groups is 1. The lowest BCUT2D eigenvalue weighted by molar-refractivity contribution is -0.115. The Morgan fingerprint density at radius 1 is 1.17 bits per heavy atom. The Morgan fingerprint density at radius 3 is 2.48 bits per heavy atom. The molecule has 152 valence electrons. The van der Waals surface area contributed by atoms with Crippen LogP contribution in [0.15, 0.2) is 53.7 Å². The van der Waals surface area contributed by atoms with Gasteiger partial charge in [0.05, 0.1) is 5.25 Å². The number of nitrogens with zero attached hydrogens (tertiary/aromatic N) is 2. The van der Waals surface area contributed by atoms with Crippen molar-refractivity contribution < 1.29 is 18.3 Å². The van der Waals surface area contributed by atoms with Gasteiger partial charge in [-0.2, -0.15) is 8.78 Å². The van der Waals surface area contributed by atoms with Crippen molar-refractivity contribution in [2.24, 2.45) is 0 Å². The zero-order chi connectivity index (χ0) is 20.8. The van der Waals surface area contributed by atoms with Gasteiger partial charge < -0.3 is 10.1 Å². The maximum Gasteiger partial charge on any atom is 0.387 e. The summed E-state index contributed by atoms with van der Waals surface area (Å²) in [5, 5.41) is 9.78. The molecule has 1 unspecified atom stereocenters. The number of hydrogen-bond donors (Lipinski definition) is 2. The van der Waals surface area contributed by atoms with E-state index in [-0.39, 0.29) is 11.7 Å². The maximum atomic E-state index is 12.4. The van der Waals surface area contributed by atoms with Crippen LogP contribution in [0.2, 0.25) is 0 Å². The van der Waals surface area contributed by atoms with Crippen molar-refractivity contribution in [3.8, 4) is 17.1 Å². The molecule has 1 atom stereocenters. The molecule has 1 aromatic heterocycles. The first kappa shape index (κ1) is 20.8. The number of anilines is 1. The number of thioether (sulfide) groups is 1. The van der Waals surface area contributed by atoms with E-state index in [2.05, 4.69) is 32.2 Å². The molecule has 1 amide bonds. The van der Waals surface area contributed by atoms with Gasteiger partial charge in [-0.05, 0) is 43.2 Å². The molecule has 0 fully saturated rings. The first-order chi connectivity index (χ1) is 13.9. The lowest BCUT2D eigenvalue weighted by atomic mass is 10.1. The highest BCUT2D eigenvalue weighted by Gasteiger charge is 2.18. The van der Waals surface area contributed by atoms with Gasteiger partial charge in [0.2, 0.25) is 11.1 Å². The number of rotatable bonds is 8. The van der Waals surface area contributed by atoms with Gasteiger partial charge in [-0.1, -0.05) is 43.0 Å². The number of H-pyrrole nitrogens is 1. The van der Waals surface area contributed by atoms with Gasteiger partial charge in [0.15, 0.2) is 5.82 Å².